The van der Waals surface area contributed by atoms with E-state index in [0.29, 0.717) is 19.3 Å². The highest BCUT2D eigenvalue weighted by molar-refractivity contribution is 5.00. The first-order valence-corrected chi connectivity index (χ1v) is 3.23. The third kappa shape index (κ3) is 1.54. The fraction of sp³-hybridized carbons (Fsp3) is 0.667. The van der Waals surface area contributed by atoms with Crippen molar-refractivity contribution in [2.24, 2.45) is 0 Å². The highest BCUT2D eigenvalue weighted by Crippen LogP contribution is 2.17. The van der Waals surface area contributed by atoms with Crippen molar-refractivity contribution in [3.05, 3.63) is 21.9 Å². The molecule has 0 aromatic carbocycles. The third-order valence-corrected chi connectivity index (χ3v) is 1.55. The third-order valence-electron chi connectivity index (χ3n) is 1.55. The van der Waals surface area contributed by atoms with Gasteiger partial charge in [0.1, 0.15) is 0 Å². The molecule has 0 spiro atoms. The Labute approximate surface area is 58.3 Å². The minimum absolute atomic E-state index is 0.152. The van der Waals surface area contributed by atoms with Gasteiger partial charge in [-0.1, -0.05) is 0 Å². The second-order valence-corrected chi connectivity index (χ2v) is 2.37. The van der Waals surface area contributed by atoms with Crippen LogP contribution in [0.4, 0.5) is 0 Å². The number of nitrogens with zero attached hydrogens (tertiary/aromatic N) is 1. The van der Waals surface area contributed by atoms with Gasteiger partial charge in [-0.3, -0.25) is 10.1 Å². The second-order valence-electron chi connectivity index (χ2n) is 2.37. The molecule has 1 N–H and O–H groups in total. The average molecular weight is 143 g/mol. The summed E-state index contributed by atoms with van der Waals surface area (Å²) in [5.74, 6) is 0. The molecule has 1 aliphatic rings. The molecule has 0 heterocycles. The van der Waals surface area contributed by atoms with E-state index in [-0.39, 0.29) is 5.70 Å². The second kappa shape index (κ2) is 2.79. The molecule has 1 rings (SSSR count). The Bertz CT molecular complexity index is 176. The van der Waals surface area contributed by atoms with Crippen molar-refractivity contribution < 1.29 is 10.0 Å². The smallest absolute Gasteiger partial charge is 0.244 e. The molecule has 0 amide bonds. The van der Waals surface area contributed by atoms with Gasteiger partial charge in [-0.15, -0.1) is 0 Å². The van der Waals surface area contributed by atoms with Crippen LogP contribution in [0.25, 0.3) is 0 Å². The molecule has 0 saturated heterocycles. The van der Waals surface area contributed by atoms with Gasteiger partial charge in [0.2, 0.25) is 5.70 Å². The molecule has 1 atom stereocenters. The summed E-state index contributed by atoms with van der Waals surface area (Å²) in [5.41, 5.74) is 0.152. The maximum absolute atomic E-state index is 10.1. The predicted molar refractivity (Wildman–Crippen MR) is 34.9 cm³/mol. The van der Waals surface area contributed by atoms with E-state index < -0.39 is 11.0 Å². The molecular weight excluding hydrogens is 134 g/mol. The van der Waals surface area contributed by atoms with Gasteiger partial charge in [0.15, 0.2) is 0 Å². The van der Waals surface area contributed by atoms with Gasteiger partial charge in [0.05, 0.1) is 11.0 Å². The minimum atomic E-state index is -0.603. The number of nitro groups is 1. The van der Waals surface area contributed by atoms with Crippen LogP contribution in [0.5, 0.6) is 0 Å². The predicted octanol–water partition coefficient (Wildman–Crippen LogP) is 0.692. The molecule has 0 aromatic heterocycles. The lowest BCUT2D eigenvalue weighted by Gasteiger charge is -2.09. The maximum atomic E-state index is 10.1. The number of rotatable bonds is 1. The first-order chi connectivity index (χ1) is 4.70. The average Bonchev–Trinajstić information content (AvgIpc) is 1.88. The highest BCUT2D eigenvalue weighted by atomic mass is 16.6. The van der Waals surface area contributed by atoms with Crippen molar-refractivity contribution in [1.29, 1.82) is 0 Å². The molecule has 4 heteroatoms. The molecule has 0 bridgehead atoms. The van der Waals surface area contributed by atoms with E-state index in [0.717, 1.165) is 0 Å². The Hall–Kier alpha value is -0.900. The summed E-state index contributed by atoms with van der Waals surface area (Å²) in [6.07, 6.45) is 2.58. The van der Waals surface area contributed by atoms with Crippen LogP contribution < -0.4 is 0 Å². The Kier molecular flexibility index (Phi) is 2.01. The van der Waals surface area contributed by atoms with E-state index >= 15 is 0 Å². The number of aliphatic hydroxyl groups is 1. The monoisotopic (exact) mass is 143 g/mol. The zero-order valence-corrected chi connectivity index (χ0v) is 5.49. The molecular formula is C6H9NO3. The van der Waals surface area contributed by atoms with Crippen LogP contribution in [0, 0.1) is 10.1 Å². The first kappa shape index (κ1) is 7.21. The van der Waals surface area contributed by atoms with Crippen LogP contribution in [0.3, 0.4) is 0 Å². The van der Waals surface area contributed by atoms with Crippen LogP contribution in [0.15, 0.2) is 11.8 Å². The zero-order valence-electron chi connectivity index (χ0n) is 5.49. The lowest BCUT2D eigenvalue weighted by molar-refractivity contribution is -0.429. The van der Waals surface area contributed by atoms with Crippen LogP contribution in [-0.4, -0.2) is 16.1 Å². The molecule has 0 fully saturated rings. The molecule has 0 radical (unpaired) electrons. The molecule has 0 saturated carbocycles. The molecule has 10 heavy (non-hydrogen) atoms. The van der Waals surface area contributed by atoms with Crippen molar-refractivity contribution in [2.75, 3.05) is 0 Å². The number of aliphatic hydroxyl groups excluding tert-OH is 1. The van der Waals surface area contributed by atoms with Crippen LogP contribution in [0.1, 0.15) is 19.3 Å². The fourth-order valence-corrected chi connectivity index (χ4v) is 1.03. The van der Waals surface area contributed by atoms with Gasteiger partial charge in [0.25, 0.3) is 0 Å². The molecule has 1 unspecified atom stereocenters. The number of hydrogen-bond acceptors (Lipinski definition) is 3. The Morgan fingerprint density at radius 3 is 2.90 bits per heavy atom. The van der Waals surface area contributed by atoms with Gasteiger partial charge in [0, 0.05) is 12.5 Å². The minimum Gasteiger partial charge on any atom is -0.389 e. The summed E-state index contributed by atoms with van der Waals surface area (Å²) in [6.45, 7) is 0. The van der Waals surface area contributed by atoms with Crippen LogP contribution in [0.2, 0.25) is 0 Å². The van der Waals surface area contributed by atoms with Gasteiger partial charge in [-0.2, -0.15) is 0 Å². The topological polar surface area (TPSA) is 63.4 Å². The van der Waals surface area contributed by atoms with Crippen LogP contribution >= 0.6 is 0 Å². The van der Waals surface area contributed by atoms with Crippen molar-refractivity contribution in [3.8, 4) is 0 Å². The Morgan fingerprint density at radius 1 is 1.80 bits per heavy atom. The maximum Gasteiger partial charge on any atom is 0.244 e. The fourth-order valence-electron chi connectivity index (χ4n) is 1.03. The lowest BCUT2D eigenvalue weighted by Crippen LogP contribution is -2.12. The standard InChI is InChI=1S/C6H9NO3/c8-6-3-1-2-5(4-6)7(9)10/h4,6,8H,1-3H2. The van der Waals surface area contributed by atoms with Gasteiger partial charge >= 0.3 is 0 Å². The quantitative estimate of drug-likeness (QED) is 0.434. The van der Waals surface area contributed by atoms with Crippen molar-refractivity contribution in [1.82, 2.24) is 0 Å². The van der Waals surface area contributed by atoms with Crippen molar-refractivity contribution in [3.63, 3.8) is 0 Å². The molecule has 4 nitrogen and oxygen atoms in total. The van der Waals surface area contributed by atoms with E-state index in [2.05, 4.69) is 0 Å². The molecule has 0 aliphatic heterocycles. The van der Waals surface area contributed by atoms with E-state index in [1.807, 2.05) is 0 Å². The van der Waals surface area contributed by atoms with Crippen LogP contribution in [-0.2, 0) is 0 Å². The summed E-state index contributed by atoms with van der Waals surface area (Å²) >= 11 is 0. The van der Waals surface area contributed by atoms with E-state index in [4.69, 9.17) is 5.11 Å². The summed E-state index contributed by atoms with van der Waals surface area (Å²) < 4.78 is 0. The largest absolute Gasteiger partial charge is 0.389 e. The van der Waals surface area contributed by atoms with Gasteiger partial charge < -0.3 is 5.11 Å². The Morgan fingerprint density at radius 2 is 2.50 bits per heavy atom. The molecule has 1 aliphatic carbocycles. The van der Waals surface area contributed by atoms with Gasteiger partial charge in [-0.25, -0.2) is 0 Å². The normalized spacial score (nSPS) is 25.7. The highest BCUT2D eigenvalue weighted by Gasteiger charge is 2.18. The zero-order chi connectivity index (χ0) is 7.56. The summed E-state index contributed by atoms with van der Waals surface area (Å²) in [7, 11) is 0. The molecule has 56 valence electrons. The number of allylic oxidation sites excluding steroid dienone is 1. The SMILES string of the molecule is O=[N+]([O-])C1=CC(O)CCC1. The Balaban J connectivity index is 2.66. The summed E-state index contributed by atoms with van der Waals surface area (Å²) in [4.78, 5) is 9.70. The molecule has 0 aromatic rings. The van der Waals surface area contributed by atoms with Crippen molar-refractivity contribution in [2.45, 2.75) is 25.4 Å². The van der Waals surface area contributed by atoms with E-state index in [1.165, 1.54) is 6.08 Å². The van der Waals surface area contributed by atoms with E-state index in [1.54, 1.807) is 0 Å². The summed E-state index contributed by atoms with van der Waals surface area (Å²) in [6, 6.07) is 0. The lowest BCUT2D eigenvalue weighted by atomic mass is 10.0. The van der Waals surface area contributed by atoms with Gasteiger partial charge in [-0.05, 0) is 12.8 Å². The first-order valence-electron chi connectivity index (χ1n) is 3.23. The van der Waals surface area contributed by atoms with E-state index in [9.17, 15) is 10.1 Å². The summed E-state index contributed by atoms with van der Waals surface area (Å²) in [5, 5.41) is 19.1. The number of hydrogen-bond donors (Lipinski definition) is 1. The van der Waals surface area contributed by atoms with Crippen molar-refractivity contribution >= 4 is 0 Å².